The second-order valence-electron chi connectivity index (χ2n) is 16.9. The molecule has 1 aromatic carbocycles. The van der Waals surface area contributed by atoms with E-state index in [0.717, 1.165) is 76.4 Å². The lowest BCUT2D eigenvalue weighted by Gasteiger charge is -2.38. The van der Waals surface area contributed by atoms with Crippen molar-refractivity contribution in [2.45, 2.75) is 82.6 Å². The molecule has 284 valence electrons. The largest absolute Gasteiger partial charge is 0.460 e. The zero-order valence-electron chi connectivity index (χ0n) is 32.8. The van der Waals surface area contributed by atoms with Crippen LogP contribution in [0, 0.1) is 17.8 Å². The molecule has 5 unspecified atom stereocenters. The lowest BCUT2D eigenvalue weighted by molar-refractivity contribution is 0.402. The number of hydrogen-bond acceptors (Lipinski definition) is 3. The zero-order valence-corrected chi connectivity index (χ0v) is 33.6. The molecule has 0 bridgehead atoms. The van der Waals surface area contributed by atoms with Gasteiger partial charge < -0.3 is 9.64 Å². The molecular weight excluding hydrogens is 711 g/mol. The maximum atomic E-state index is 6.49. The van der Waals surface area contributed by atoms with Crippen molar-refractivity contribution in [2.24, 2.45) is 17.8 Å². The lowest BCUT2D eigenvalue weighted by atomic mass is 9.79. The number of ether oxygens (including phenoxy) is 1. The van der Waals surface area contributed by atoms with E-state index in [-0.39, 0.29) is 0 Å². The summed E-state index contributed by atoms with van der Waals surface area (Å²) in [6.07, 6.45) is 60.3. The summed E-state index contributed by atoms with van der Waals surface area (Å²) in [7, 11) is 0. The summed E-state index contributed by atoms with van der Waals surface area (Å²) in [6.45, 7) is 0. The molecule has 0 N–H and O–H groups in total. The van der Waals surface area contributed by atoms with E-state index in [1.165, 1.54) is 65.2 Å². The molecule has 57 heavy (non-hydrogen) atoms. The molecule has 8 aliphatic carbocycles. The fourth-order valence-corrected chi connectivity index (χ4v) is 12.1. The third kappa shape index (κ3) is 6.39. The van der Waals surface area contributed by atoms with Crippen molar-refractivity contribution < 1.29 is 4.74 Å². The predicted molar refractivity (Wildman–Crippen MR) is 239 cm³/mol. The number of rotatable bonds is 7. The highest BCUT2D eigenvalue weighted by Crippen LogP contribution is 2.48. The highest BCUT2D eigenvalue weighted by Gasteiger charge is 2.35. The summed E-state index contributed by atoms with van der Waals surface area (Å²) in [5.74, 6) is 3.80. The van der Waals surface area contributed by atoms with Gasteiger partial charge in [-0.3, -0.25) is 0 Å². The van der Waals surface area contributed by atoms with E-state index in [9.17, 15) is 0 Å². The molecule has 11 rings (SSSR count). The molecular formula is C54H51NOS. The molecule has 0 radical (unpaired) electrons. The molecule has 2 heterocycles. The van der Waals surface area contributed by atoms with Gasteiger partial charge in [0.15, 0.2) is 0 Å². The van der Waals surface area contributed by atoms with E-state index in [1.54, 1.807) is 5.56 Å². The van der Waals surface area contributed by atoms with Crippen molar-refractivity contribution in [1.29, 1.82) is 0 Å². The Morgan fingerprint density at radius 2 is 1.49 bits per heavy atom. The highest BCUT2D eigenvalue weighted by atomic mass is 32.1. The summed E-state index contributed by atoms with van der Waals surface area (Å²) >= 11 is 2.07. The quantitative estimate of drug-likeness (QED) is 0.279. The van der Waals surface area contributed by atoms with Crippen LogP contribution >= 0.6 is 11.3 Å². The van der Waals surface area contributed by atoms with Crippen molar-refractivity contribution in [3.8, 4) is 5.75 Å². The van der Waals surface area contributed by atoms with Gasteiger partial charge in [-0.05, 0) is 121 Å². The molecule has 3 heteroatoms. The van der Waals surface area contributed by atoms with Crippen LogP contribution in [0.1, 0.15) is 86.1 Å². The number of allylic oxidation sites excluding steroid dienone is 23. The van der Waals surface area contributed by atoms with Gasteiger partial charge in [0, 0.05) is 45.5 Å². The van der Waals surface area contributed by atoms with Gasteiger partial charge in [0.2, 0.25) is 0 Å². The topological polar surface area (TPSA) is 12.5 Å². The molecule has 5 atom stereocenters. The summed E-state index contributed by atoms with van der Waals surface area (Å²) < 4.78 is 8.00. The SMILES string of the molecule is C1=CCC(C2=CCC(N(C3=CCC(C4=CCC(C5=C6Oc7ccccc7C6CC=C5)C=C4)C=C3)C3=c4sc5c(c4=CCC3)CCC=C5C3=CCCC=C3)C=C2)C=C1. The van der Waals surface area contributed by atoms with E-state index in [1.807, 2.05) is 0 Å². The number of thiophene rings is 1. The first-order valence-electron chi connectivity index (χ1n) is 21.6. The number of benzene rings is 1. The van der Waals surface area contributed by atoms with E-state index in [4.69, 9.17) is 4.74 Å². The number of fused-ring (bicyclic) bond motifs is 6. The second kappa shape index (κ2) is 15.0. The number of hydrogen-bond donors (Lipinski definition) is 0. The second-order valence-corrected chi connectivity index (χ2v) is 17.9. The van der Waals surface area contributed by atoms with Gasteiger partial charge in [0.05, 0.1) is 10.6 Å². The lowest BCUT2D eigenvalue weighted by Crippen LogP contribution is -2.40. The monoisotopic (exact) mass is 761 g/mol. The first-order chi connectivity index (χ1) is 28.3. The van der Waals surface area contributed by atoms with E-state index in [0.29, 0.717) is 29.7 Å². The Labute approximate surface area is 342 Å². The van der Waals surface area contributed by atoms with E-state index >= 15 is 0 Å². The van der Waals surface area contributed by atoms with E-state index < -0.39 is 0 Å². The summed E-state index contributed by atoms with van der Waals surface area (Å²) in [4.78, 5) is 4.27. The molecule has 0 saturated heterocycles. The van der Waals surface area contributed by atoms with Crippen LogP contribution in [0.3, 0.4) is 0 Å². The summed E-state index contributed by atoms with van der Waals surface area (Å²) in [6, 6.07) is 8.88. The molecule has 0 amide bonds. The fourth-order valence-electron chi connectivity index (χ4n) is 10.6. The van der Waals surface area contributed by atoms with Gasteiger partial charge in [-0.25, -0.2) is 0 Å². The average molecular weight is 762 g/mol. The Bertz CT molecular complexity index is 2560. The molecule has 0 saturated carbocycles. The van der Waals surface area contributed by atoms with Gasteiger partial charge >= 0.3 is 0 Å². The van der Waals surface area contributed by atoms with Crippen LogP contribution in [-0.4, -0.2) is 10.9 Å². The first kappa shape index (κ1) is 35.1. The average Bonchev–Trinajstić information content (AvgIpc) is 3.87. The minimum atomic E-state index is 0.295. The van der Waals surface area contributed by atoms with Gasteiger partial charge in [-0.15, -0.1) is 11.3 Å². The number of para-hydroxylation sites is 1. The predicted octanol–water partition coefficient (Wildman–Crippen LogP) is 12.1. The van der Waals surface area contributed by atoms with Gasteiger partial charge in [-0.1, -0.05) is 134 Å². The normalized spacial score (nSPS) is 28.0. The third-order valence-electron chi connectivity index (χ3n) is 13.6. The van der Waals surface area contributed by atoms with Crippen molar-refractivity contribution in [1.82, 2.24) is 4.90 Å². The summed E-state index contributed by atoms with van der Waals surface area (Å²) in [5.41, 5.74) is 13.0. The molecule has 9 aliphatic rings. The van der Waals surface area contributed by atoms with E-state index in [2.05, 4.69) is 162 Å². The van der Waals surface area contributed by atoms with Crippen LogP contribution in [0.25, 0.3) is 17.3 Å². The zero-order chi connectivity index (χ0) is 37.7. The Morgan fingerprint density at radius 1 is 0.632 bits per heavy atom. The summed E-state index contributed by atoms with van der Waals surface area (Å²) in [5, 5.41) is 1.52. The Hall–Kier alpha value is -5.12. The van der Waals surface area contributed by atoms with Crippen molar-refractivity contribution in [3.63, 3.8) is 0 Å². The van der Waals surface area contributed by atoms with Crippen molar-refractivity contribution in [2.75, 3.05) is 0 Å². The van der Waals surface area contributed by atoms with Crippen LogP contribution in [0.2, 0.25) is 0 Å². The van der Waals surface area contributed by atoms with Gasteiger partial charge in [0.1, 0.15) is 11.5 Å². The Kier molecular flexibility index (Phi) is 9.23. The van der Waals surface area contributed by atoms with Crippen LogP contribution in [0.15, 0.2) is 173 Å². The molecule has 2 nitrogen and oxygen atoms in total. The Balaban J connectivity index is 0.889. The van der Waals surface area contributed by atoms with Crippen molar-refractivity contribution >= 4 is 28.7 Å². The molecule has 0 spiro atoms. The standard InChI is InChI=1S/C54H51NOS/c1-3-12-36(13-4-1)38-28-32-42(33-29-38)55(50-22-11-21-49-48-20-10-18-45(53(48)57-54(49)50)40-14-5-2-6-15-40)43-34-30-39(31-35-43)37-24-26-41(27-25-37)44-17-9-19-47-46-16-7-8-23-51(46)56-52(44)47/h1,3-5,7-9,12,14-18,21,23-26,28-30,32,34-36,39,41-42,47H,2,6,10-11,13,19-20,22,27,31,33H2. The number of nitrogens with zero attached hydrogens (tertiary/aromatic N) is 1. The fraction of sp³-hybridized carbons (Fsp3) is 0.296. The third-order valence-corrected chi connectivity index (χ3v) is 14.9. The van der Waals surface area contributed by atoms with Crippen LogP contribution in [-0.2, 0) is 6.42 Å². The first-order valence-corrected chi connectivity index (χ1v) is 22.5. The van der Waals surface area contributed by atoms with Gasteiger partial charge in [-0.2, -0.15) is 0 Å². The maximum Gasteiger partial charge on any atom is 0.130 e. The smallest absolute Gasteiger partial charge is 0.130 e. The van der Waals surface area contributed by atoms with Crippen LogP contribution < -0.4 is 14.5 Å². The van der Waals surface area contributed by atoms with Crippen LogP contribution in [0.5, 0.6) is 5.75 Å². The van der Waals surface area contributed by atoms with Crippen LogP contribution in [0.4, 0.5) is 0 Å². The highest BCUT2D eigenvalue weighted by molar-refractivity contribution is 7.11. The molecule has 1 aromatic heterocycles. The molecule has 1 aliphatic heterocycles. The minimum Gasteiger partial charge on any atom is -0.460 e. The Morgan fingerprint density at radius 3 is 2.30 bits per heavy atom. The minimum absolute atomic E-state index is 0.295. The van der Waals surface area contributed by atoms with Gasteiger partial charge in [0.25, 0.3) is 0 Å². The maximum absolute atomic E-state index is 6.49. The molecule has 2 aromatic rings. The molecule has 0 fully saturated rings. The van der Waals surface area contributed by atoms with Crippen molar-refractivity contribution in [3.05, 3.63) is 199 Å².